The van der Waals surface area contributed by atoms with Crippen molar-refractivity contribution >= 4 is 0 Å². The molecule has 72 valence electrons. The molecule has 3 heteroatoms. The fraction of sp³-hybridized carbons (Fsp3) is 0.778. The van der Waals surface area contributed by atoms with Crippen LogP contribution in [0.25, 0.3) is 0 Å². The minimum absolute atomic E-state index is 0.388. The number of hydrogen-bond donors (Lipinski definition) is 2. The molecule has 0 amide bonds. The Morgan fingerprint density at radius 2 is 2.33 bits per heavy atom. The number of methoxy groups -OCH3 is 1. The summed E-state index contributed by atoms with van der Waals surface area (Å²) in [6, 6.07) is 0. The summed E-state index contributed by atoms with van der Waals surface area (Å²) < 4.78 is 4.78. The van der Waals surface area contributed by atoms with Gasteiger partial charge in [0, 0.05) is 13.7 Å². The molecule has 0 aliphatic rings. The molecule has 0 bridgehead atoms. The van der Waals surface area contributed by atoms with Gasteiger partial charge in [0.15, 0.2) is 0 Å². The number of aliphatic hydroxyl groups is 1. The van der Waals surface area contributed by atoms with Gasteiger partial charge in [0.05, 0.1) is 12.7 Å². The van der Waals surface area contributed by atoms with Crippen LogP contribution in [-0.2, 0) is 4.74 Å². The van der Waals surface area contributed by atoms with Gasteiger partial charge in [-0.15, -0.1) is 0 Å². The fourth-order valence-electron chi connectivity index (χ4n) is 0.872. The first-order chi connectivity index (χ1) is 5.81. The summed E-state index contributed by atoms with van der Waals surface area (Å²) in [6.45, 7) is 3.91. The molecule has 0 rings (SSSR count). The first-order valence-corrected chi connectivity index (χ1v) is 4.30. The van der Waals surface area contributed by atoms with Gasteiger partial charge >= 0.3 is 0 Å². The second kappa shape index (κ2) is 8.71. The third kappa shape index (κ3) is 7.72. The van der Waals surface area contributed by atoms with E-state index in [-0.39, 0.29) is 6.10 Å². The predicted octanol–water partition coefficient (Wildman–Crippen LogP) is 0.549. The maximum Gasteiger partial charge on any atom is 0.0897 e. The van der Waals surface area contributed by atoms with Crippen molar-refractivity contribution in [2.75, 3.05) is 26.8 Å². The Kier molecular flexibility index (Phi) is 8.44. The summed E-state index contributed by atoms with van der Waals surface area (Å²) in [5.41, 5.74) is 0. The Balaban J connectivity index is 3.08. The monoisotopic (exact) mass is 173 g/mol. The minimum atomic E-state index is -0.388. The van der Waals surface area contributed by atoms with Crippen LogP contribution in [0.3, 0.4) is 0 Å². The number of rotatable bonds is 7. The minimum Gasteiger partial charge on any atom is -0.389 e. The number of nitrogens with one attached hydrogen (secondary N) is 1. The molecule has 2 N–H and O–H groups in total. The highest BCUT2D eigenvalue weighted by molar-refractivity contribution is 4.77. The molecule has 12 heavy (non-hydrogen) atoms. The van der Waals surface area contributed by atoms with Crippen molar-refractivity contribution in [2.45, 2.75) is 19.4 Å². The van der Waals surface area contributed by atoms with Crippen LogP contribution in [0.2, 0.25) is 0 Å². The van der Waals surface area contributed by atoms with E-state index < -0.39 is 0 Å². The molecule has 0 aliphatic heterocycles. The first-order valence-electron chi connectivity index (χ1n) is 4.30. The molecule has 0 radical (unpaired) electrons. The standard InChI is InChI=1S/C9H19NO2/c1-3-4-5-6-10-7-9(11)8-12-2/h3-4,9-11H,5-8H2,1-2H3/b4-3+. The van der Waals surface area contributed by atoms with Crippen LogP contribution in [0.4, 0.5) is 0 Å². The fourth-order valence-corrected chi connectivity index (χ4v) is 0.872. The number of allylic oxidation sites excluding steroid dienone is 1. The largest absolute Gasteiger partial charge is 0.389 e. The van der Waals surface area contributed by atoms with E-state index in [2.05, 4.69) is 11.4 Å². The van der Waals surface area contributed by atoms with E-state index in [4.69, 9.17) is 4.74 Å². The summed E-state index contributed by atoms with van der Waals surface area (Å²) in [5.74, 6) is 0. The smallest absolute Gasteiger partial charge is 0.0897 e. The van der Waals surface area contributed by atoms with Crippen molar-refractivity contribution in [3.63, 3.8) is 0 Å². The van der Waals surface area contributed by atoms with Gasteiger partial charge in [-0.3, -0.25) is 0 Å². The highest BCUT2D eigenvalue weighted by Crippen LogP contribution is 1.83. The average Bonchev–Trinajstić information content (AvgIpc) is 2.05. The quantitative estimate of drug-likeness (QED) is 0.436. The molecule has 0 aromatic carbocycles. The van der Waals surface area contributed by atoms with Gasteiger partial charge in [0.2, 0.25) is 0 Å². The van der Waals surface area contributed by atoms with E-state index in [1.807, 2.05) is 13.0 Å². The lowest BCUT2D eigenvalue weighted by atomic mass is 10.3. The van der Waals surface area contributed by atoms with E-state index >= 15 is 0 Å². The van der Waals surface area contributed by atoms with Crippen molar-refractivity contribution in [3.8, 4) is 0 Å². The lowest BCUT2D eigenvalue weighted by molar-refractivity contribution is 0.0648. The molecular weight excluding hydrogens is 154 g/mol. The van der Waals surface area contributed by atoms with Gasteiger partial charge in [-0.2, -0.15) is 0 Å². The zero-order valence-electron chi connectivity index (χ0n) is 7.92. The third-order valence-electron chi connectivity index (χ3n) is 1.46. The van der Waals surface area contributed by atoms with Crippen molar-refractivity contribution in [1.29, 1.82) is 0 Å². The lowest BCUT2D eigenvalue weighted by Gasteiger charge is -2.09. The molecule has 0 saturated heterocycles. The van der Waals surface area contributed by atoms with Crippen molar-refractivity contribution in [3.05, 3.63) is 12.2 Å². The van der Waals surface area contributed by atoms with Gasteiger partial charge in [0.1, 0.15) is 0 Å². The summed E-state index contributed by atoms with van der Waals surface area (Å²) in [6.07, 6.45) is 4.74. The molecule has 0 aliphatic carbocycles. The second-order valence-electron chi connectivity index (χ2n) is 2.67. The molecule has 0 heterocycles. The molecule has 0 saturated carbocycles. The van der Waals surface area contributed by atoms with Crippen LogP contribution in [0, 0.1) is 0 Å². The number of aliphatic hydroxyl groups excluding tert-OH is 1. The summed E-state index contributed by atoms with van der Waals surface area (Å²) in [7, 11) is 1.59. The van der Waals surface area contributed by atoms with Gasteiger partial charge in [-0.25, -0.2) is 0 Å². The maximum atomic E-state index is 9.20. The predicted molar refractivity (Wildman–Crippen MR) is 50.2 cm³/mol. The molecule has 0 spiro atoms. The summed E-state index contributed by atoms with van der Waals surface area (Å²) >= 11 is 0. The van der Waals surface area contributed by atoms with E-state index in [9.17, 15) is 5.11 Å². The molecule has 0 fully saturated rings. The zero-order chi connectivity index (χ0) is 9.23. The van der Waals surface area contributed by atoms with E-state index in [0.717, 1.165) is 13.0 Å². The van der Waals surface area contributed by atoms with Gasteiger partial charge in [-0.1, -0.05) is 12.2 Å². The SMILES string of the molecule is C/C=C/CCNCC(O)COC. The molecule has 1 unspecified atom stereocenters. The molecule has 0 aromatic heterocycles. The maximum absolute atomic E-state index is 9.20. The molecule has 0 aromatic rings. The number of ether oxygens (including phenoxy) is 1. The molecule has 3 nitrogen and oxygen atoms in total. The van der Waals surface area contributed by atoms with E-state index in [1.54, 1.807) is 7.11 Å². The van der Waals surface area contributed by atoms with Crippen LogP contribution in [0.5, 0.6) is 0 Å². The Morgan fingerprint density at radius 3 is 2.92 bits per heavy atom. The Bertz CT molecular complexity index is 115. The Labute approximate surface area is 74.4 Å². The Hall–Kier alpha value is -0.380. The topological polar surface area (TPSA) is 41.5 Å². The number of hydrogen-bond acceptors (Lipinski definition) is 3. The summed E-state index contributed by atoms with van der Waals surface area (Å²) in [4.78, 5) is 0. The van der Waals surface area contributed by atoms with Crippen LogP contribution >= 0.6 is 0 Å². The van der Waals surface area contributed by atoms with Crippen molar-refractivity contribution in [1.82, 2.24) is 5.32 Å². The Morgan fingerprint density at radius 1 is 1.58 bits per heavy atom. The average molecular weight is 173 g/mol. The van der Waals surface area contributed by atoms with Gasteiger partial charge in [0.25, 0.3) is 0 Å². The van der Waals surface area contributed by atoms with Gasteiger partial charge in [-0.05, 0) is 19.9 Å². The third-order valence-corrected chi connectivity index (χ3v) is 1.46. The highest BCUT2D eigenvalue weighted by Gasteiger charge is 2.00. The van der Waals surface area contributed by atoms with E-state index in [1.165, 1.54) is 0 Å². The van der Waals surface area contributed by atoms with Crippen LogP contribution in [0.15, 0.2) is 12.2 Å². The van der Waals surface area contributed by atoms with Crippen LogP contribution in [-0.4, -0.2) is 38.0 Å². The lowest BCUT2D eigenvalue weighted by Crippen LogP contribution is -2.30. The van der Waals surface area contributed by atoms with Crippen molar-refractivity contribution in [2.24, 2.45) is 0 Å². The van der Waals surface area contributed by atoms with Gasteiger partial charge < -0.3 is 15.2 Å². The molecule has 1 atom stereocenters. The van der Waals surface area contributed by atoms with Crippen molar-refractivity contribution < 1.29 is 9.84 Å². The first kappa shape index (κ1) is 11.6. The summed E-state index contributed by atoms with van der Waals surface area (Å²) in [5, 5.41) is 12.3. The zero-order valence-corrected chi connectivity index (χ0v) is 7.92. The molecular formula is C9H19NO2. The second-order valence-corrected chi connectivity index (χ2v) is 2.67. The normalized spacial score (nSPS) is 13.9. The highest BCUT2D eigenvalue weighted by atomic mass is 16.5. The van der Waals surface area contributed by atoms with Crippen LogP contribution < -0.4 is 5.32 Å². The van der Waals surface area contributed by atoms with E-state index in [0.29, 0.717) is 13.2 Å². The van der Waals surface area contributed by atoms with Crippen LogP contribution in [0.1, 0.15) is 13.3 Å².